The number of benzene rings is 1. The molecule has 1 aromatic rings. The normalized spacial score (nSPS) is 20.6. The second-order valence-corrected chi connectivity index (χ2v) is 5.71. The number of halogens is 1. The van der Waals surface area contributed by atoms with Crippen LogP contribution in [0.2, 0.25) is 0 Å². The van der Waals surface area contributed by atoms with Gasteiger partial charge in [0.05, 0.1) is 0 Å². The number of aryl methyl sites for hydroxylation is 1. The van der Waals surface area contributed by atoms with Crippen LogP contribution in [0.25, 0.3) is 0 Å². The lowest BCUT2D eigenvalue weighted by molar-refractivity contribution is 0.442. The highest BCUT2D eigenvalue weighted by molar-refractivity contribution is 9.10. The topological polar surface area (TPSA) is 29.3 Å². The second kappa shape index (κ2) is 5.87. The lowest BCUT2D eigenvalue weighted by Crippen LogP contribution is -2.40. The van der Waals surface area contributed by atoms with Crippen molar-refractivity contribution in [2.24, 2.45) is 5.73 Å². The van der Waals surface area contributed by atoms with Gasteiger partial charge in [-0.05, 0) is 56.8 Å². The van der Waals surface area contributed by atoms with Crippen LogP contribution in [0.15, 0.2) is 22.7 Å². The highest BCUT2D eigenvalue weighted by Gasteiger charge is 2.22. The van der Waals surface area contributed by atoms with Gasteiger partial charge in [-0.25, -0.2) is 0 Å². The van der Waals surface area contributed by atoms with E-state index in [0.717, 1.165) is 13.0 Å². The van der Waals surface area contributed by atoms with E-state index in [1.54, 1.807) is 0 Å². The van der Waals surface area contributed by atoms with Gasteiger partial charge in [0, 0.05) is 22.7 Å². The monoisotopic (exact) mass is 296 g/mol. The molecule has 1 aliphatic rings. The zero-order chi connectivity index (χ0) is 12.3. The van der Waals surface area contributed by atoms with Crippen molar-refractivity contribution in [3.8, 4) is 0 Å². The average Bonchev–Trinajstić information content (AvgIpc) is 2.34. The van der Waals surface area contributed by atoms with E-state index >= 15 is 0 Å². The molecule has 17 heavy (non-hydrogen) atoms. The van der Waals surface area contributed by atoms with Gasteiger partial charge in [0.1, 0.15) is 0 Å². The first kappa shape index (κ1) is 12.9. The van der Waals surface area contributed by atoms with Crippen LogP contribution in [-0.2, 0) is 0 Å². The molecule has 0 radical (unpaired) electrons. The molecule has 0 bridgehead atoms. The Morgan fingerprint density at radius 1 is 1.41 bits per heavy atom. The number of piperidine rings is 1. The Morgan fingerprint density at radius 3 is 2.94 bits per heavy atom. The lowest BCUT2D eigenvalue weighted by Gasteiger charge is -2.37. The summed E-state index contributed by atoms with van der Waals surface area (Å²) in [6, 6.07) is 7.29. The fourth-order valence-corrected chi connectivity index (χ4v) is 2.96. The summed E-state index contributed by atoms with van der Waals surface area (Å²) in [5, 5.41) is 0. The van der Waals surface area contributed by atoms with Gasteiger partial charge in [-0.2, -0.15) is 0 Å². The summed E-state index contributed by atoms with van der Waals surface area (Å²) in [7, 11) is 0. The number of anilines is 1. The largest absolute Gasteiger partial charge is 0.368 e. The Bertz CT molecular complexity index is 376. The zero-order valence-electron chi connectivity index (χ0n) is 10.5. The Kier molecular flexibility index (Phi) is 4.46. The van der Waals surface area contributed by atoms with Gasteiger partial charge in [0.2, 0.25) is 0 Å². The fourth-order valence-electron chi connectivity index (χ4n) is 2.59. The summed E-state index contributed by atoms with van der Waals surface area (Å²) >= 11 is 3.62. The first-order valence-corrected chi connectivity index (χ1v) is 7.24. The first-order valence-electron chi connectivity index (χ1n) is 6.45. The number of rotatable bonds is 3. The van der Waals surface area contributed by atoms with Gasteiger partial charge in [-0.1, -0.05) is 22.0 Å². The van der Waals surface area contributed by atoms with Crippen molar-refractivity contribution < 1.29 is 0 Å². The van der Waals surface area contributed by atoms with Crippen LogP contribution in [0, 0.1) is 6.92 Å². The van der Waals surface area contributed by atoms with Crippen LogP contribution < -0.4 is 10.6 Å². The third-order valence-corrected chi connectivity index (χ3v) is 4.47. The molecular weight excluding hydrogens is 276 g/mol. The highest BCUT2D eigenvalue weighted by atomic mass is 79.9. The molecule has 0 saturated carbocycles. The summed E-state index contributed by atoms with van der Waals surface area (Å²) in [6.45, 7) is 4.08. The minimum atomic E-state index is 0.628. The smallest absolute Gasteiger partial charge is 0.0380 e. The van der Waals surface area contributed by atoms with Crippen LogP contribution in [0.1, 0.15) is 31.2 Å². The Hall–Kier alpha value is -0.540. The standard InChI is InChI=1S/C14H21BrN2/c1-11-5-6-13(10-14(11)15)17-9-3-2-4-12(17)7-8-16/h5-6,10,12H,2-4,7-9,16H2,1H3. The summed E-state index contributed by atoms with van der Waals surface area (Å²) in [4.78, 5) is 2.53. The molecule has 2 N–H and O–H groups in total. The predicted molar refractivity (Wildman–Crippen MR) is 77.5 cm³/mol. The fraction of sp³-hybridized carbons (Fsp3) is 0.571. The molecule has 3 heteroatoms. The van der Waals surface area contributed by atoms with Gasteiger partial charge in [0.25, 0.3) is 0 Å². The van der Waals surface area contributed by atoms with Crippen LogP contribution in [-0.4, -0.2) is 19.1 Å². The van der Waals surface area contributed by atoms with E-state index in [-0.39, 0.29) is 0 Å². The third-order valence-electron chi connectivity index (χ3n) is 3.61. The van der Waals surface area contributed by atoms with Crippen molar-refractivity contribution in [2.45, 2.75) is 38.6 Å². The summed E-state index contributed by atoms with van der Waals surface area (Å²) < 4.78 is 1.20. The number of nitrogens with zero attached hydrogens (tertiary/aromatic N) is 1. The summed E-state index contributed by atoms with van der Waals surface area (Å²) in [6.07, 6.45) is 5.02. The van der Waals surface area contributed by atoms with E-state index < -0.39 is 0 Å². The van der Waals surface area contributed by atoms with Crippen molar-refractivity contribution >= 4 is 21.6 Å². The van der Waals surface area contributed by atoms with Crippen molar-refractivity contribution in [1.82, 2.24) is 0 Å². The minimum absolute atomic E-state index is 0.628. The van der Waals surface area contributed by atoms with Gasteiger partial charge in [0.15, 0.2) is 0 Å². The maximum absolute atomic E-state index is 5.72. The third kappa shape index (κ3) is 3.02. The van der Waals surface area contributed by atoms with E-state index in [4.69, 9.17) is 5.73 Å². The lowest BCUT2D eigenvalue weighted by atomic mass is 9.98. The van der Waals surface area contributed by atoms with E-state index in [2.05, 4.69) is 46.0 Å². The maximum atomic E-state index is 5.72. The predicted octanol–water partition coefficient (Wildman–Crippen LogP) is 3.47. The van der Waals surface area contributed by atoms with Crippen LogP contribution in [0.5, 0.6) is 0 Å². The summed E-state index contributed by atoms with van der Waals surface area (Å²) in [5.74, 6) is 0. The van der Waals surface area contributed by atoms with Gasteiger partial charge in [-0.15, -0.1) is 0 Å². The van der Waals surface area contributed by atoms with Crippen LogP contribution >= 0.6 is 15.9 Å². The quantitative estimate of drug-likeness (QED) is 0.925. The molecule has 0 aliphatic carbocycles. The SMILES string of the molecule is Cc1ccc(N2CCCCC2CCN)cc1Br. The van der Waals surface area contributed by atoms with E-state index in [1.807, 2.05) is 0 Å². The van der Waals surface area contributed by atoms with Crippen molar-refractivity contribution in [3.05, 3.63) is 28.2 Å². The van der Waals surface area contributed by atoms with Gasteiger partial charge in [-0.3, -0.25) is 0 Å². The summed E-state index contributed by atoms with van der Waals surface area (Å²) in [5.41, 5.74) is 8.34. The molecule has 1 aromatic carbocycles. The molecule has 1 saturated heterocycles. The van der Waals surface area contributed by atoms with Crippen molar-refractivity contribution in [1.29, 1.82) is 0 Å². The highest BCUT2D eigenvalue weighted by Crippen LogP contribution is 2.29. The van der Waals surface area contributed by atoms with Crippen molar-refractivity contribution in [3.63, 3.8) is 0 Å². The molecule has 1 fully saturated rings. The molecule has 1 heterocycles. The van der Waals surface area contributed by atoms with Gasteiger partial charge >= 0.3 is 0 Å². The average molecular weight is 297 g/mol. The molecule has 0 spiro atoms. The number of hydrogen-bond acceptors (Lipinski definition) is 2. The van der Waals surface area contributed by atoms with Crippen molar-refractivity contribution in [2.75, 3.05) is 18.0 Å². The molecule has 0 amide bonds. The Labute approximate surface area is 112 Å². The Balaban J connectivity index is 2.20. The maximum Gasteiger partial charge on any atom is 0.0380 e. The minimum Gasteiger partial charge on any atom is -0.368 e. The molecule has 2 rings (SSSR count). The zero-order valence-corrected chi connectivity index (χ0v) is 12.0. The van der Waals surface area contributed by atoms with Gasteiger partial charge < -0.3 is 10.6 Å². The molecule has 1 aliphatic heterocycles. The first-order chi connectivity index (χ1) is 8.22. The van der Waals surface area contributed by atoms with E-state index in [9.17, 15) is 0 Å². The molecule has 2 nitrogen and oxygen atoms in total. The molecule has 94 valence electrons. The number of hydrogen-bond donors (Lipinski definition) is 1. The second-order valence-electron chi connectivity index (χ2n) is 4.85. The van der Waals surface area contributed by atoms with E-state index in [0.29, 0.717) is 6.04 Å². The number of nitrogens with two attached hydrogens (primary N) is 1. The Morgan fingerprint density at radius 2 is 2.24 bits per heavy atom. The molecular formula is C14H21BrN2. The molecule has 1 atom stereocenters. The molecule has 0 aromatic heterocycles. The van der Waals surface area contributed by atoms with Crippen LogP contribution in [0.3, 0.4) is 0 Å². The van der Waals surface area contributed by atoms with E-state index in [1.165, 1.54) is 41.5 Å². The van der Waals surface area contributed by atoms with Crippen LogP contribution in [0.4, 0.5) is 5.69 Å². The molecule has 1 unspecified atom stereocenters.